The Labute approximate surface area is 124 Å². The van der Waals surface area contributed by atoms with Crippen molar-refractivity contribution >= 4 is 22.9 Å². The second kappa shape index (κ2) is 6.68. The first-order valence-electron chi connectivity index (χ1n) is 6.68. The number of amides is 1. The lowest BCUT2D eigenvalue weighted by Crippen LogP contribution is -2.12. The molecule has 0 atom stereocenters. The van der Waals surface area contributed by atoms with E-state index in [4.69, 9.17) is 0 Å². The number of carbonyl (C=O) groups is 1. The van der Waals surface area contributed by atoms with E-state index in [0.29, 0.717) is 0 Å². The summed E-state index contributed by atoms with van der Waals surface area (Å²) in [6, 6.07) is 10.2. The third-order valence-electron chi connectivity index (χ3n) is 3.12. The van der Waals surface area contributed by atoms with E-state index in [-0.39, 0.29) is 5.91 Å². The Hall–Kier alpha value is -1.65. The summed E-state index contributed by atoms with van der Waals surface area (Å²) >= 11 is 1.85. The fraction of sp³-hybridized carbons (Fsp3) is 0.312. The minimum absolute atomic E-state index is 0.0423. The van der Waals surface area contributed by atoms with Crippen molar-refractivity contribution in [3.8, 4) is 0 Å². The summed E-state index contributed by atoms with van der Waals surface area (Å²) in [5.74, 6) is -0.0423. The van der Waals surface area contributed by atoms with Crippen LogP contribution in [0.4, 0.5) is 5.69 Å². The van der Waals surface area contributed by atoms with Crippen LogP contribution in [-0.4, -0.2) is 5.91 Å². The summed E-state index contributed by atoms with van der Waals surface area (Å²) in [6.45, 7) is 7.55. The van der Waals surface area contributed by atoms with Gasteiger partial charge in [0.05, 0.1) is 0 Å². The van der Waals surface area contributed by atoms with Gasteiger partial charge in [-0.25, -0.2) is 0 Å². The molecule has 1 heterocycles. The second-order valence-electron chi connectivity index (χ2n) is 4.93. The lowest BCUT2D eigenvalue weighted by molar-refractivity contribution is -0.114. The van der Waals surface area contributed by atoms with Gasteiger partial charge in [0.15, 0.2) is 0 Å². The van der Waals surface area contributed by atoms with Crippen LogP contribution in [0, 0.1) is 13.8 Å². The highest BCUT2D eigenvalue weighted by atomic mass is 32.1. The number of hydrogen-bond acceptors (Lipinski definition) is 3. The number of hydrogen-bond donors (Lipinski definition) is 2. The third kappa shape index (κ3) is 4.18. The molecule has 0 aliphatic rings. The monoisotopic (exact) mass is 288 g/mol. The van der Waals surface area contributed by atoms with Gasteiger partial charge in [0.25, 0.3) is 0 Å². The second-order valence-corrected chi connectivity index (χ2v) is 6.27. The maximum atomic E-state index is 10.9. The molecule has 20 heavy (non-hydrogen) atoms. The lowest BCUT2D eigenvalue weighted by atomic mass is 10.2. The van der Waals surface area contributed by atoms with Gasteiger partial charge in [0.2, 0.25) is 5.91 Å². The average molecular weight is 288 g/mol. The molecule has 0 bridgehead atoms. The van der Waals surface area contributed by atoms with Crippen LogP contribution in [0.3, 0.4) is 0 Å². The van der Waals surface area contributed by atoms with Gasteiger partial charge in [-0.1, -0.05) is 12.1 Å². The topological polar surface area (TPSA) is 41.1 Å². The molecule has 2 N–H and O–H groups in total. The third-order valence-corrected chi connectivity index (χ3v) is 4.27. The summed E-state index contributed by atoms with van der Waals surface area (Å²) in [6.07, 6.45) is 0. The molecule has 3 nitrogen and oxygen atoms in total. The molecule has 2 aromatic rings. The zero-order valence-corrected chi connectivity index (χ0v) is 12.9. The summed E-state index contributed by atoms with van der Waals surface area (Å²) < 4.78 is 0. The molecular weight excluding hydrogens is 268 g/mol. The molecule has 0 aliphatic heterocycles. The van der Waals surface area contributed by atoms with E-state index >= 15 is 0 Å². The molecule has 0 aliphatic carbocycles. The summed E-state index contributed by atoms with van der Waals surface area (Å²) in [7, 11) is 0. The molecule has 0 saturated heterocycles. The van der Waals surface area contributed by atoms with Crippen molar-refractivity contribution in [1.82, 2.24) is 5.32 Å². The van der Waals surface area contributed by atoms with Crippen molar-refractivity contribution in [2.75, 3.05) is 5.32 Å². The molecule has 1 aromatic carbocycles. The Morgan fingerprint density at radius 1 is 1.15 bits per heavy atom. The summed E-state index contributed by atoms with van der Waals surface area (Å²) in [5, 5.41) is 6.21. The van der Waals surface area contributed by atoms with Crippen LogP contribution in [0.1, 0.15) is 27.8 Å². The van der Waals surface area contributed by atoms with Gasteiger partial charge < -0.3 is 10.6 Å². The minimum Gasteiger partial charge on any atom is -0.326 e. The predicted molar refractivity (Wildman–Crippen MR) is 85.1 cm³/mol. The van der Waals surface area contributed by atoms with Gasteiger partial charge >= 0.3 is 0 Å². The molecule has 1 aromatic heterocycles. The number of benzene rings is 1. The normalized spacial score (nSPS) is 10.6. The smallest absolute Gasteiger partial charge is 0.221 e. The van der Waals surface area contributed by atoms with E-state index in [0.717, 1.165) is 18.8 Å². The molecule has 0 radical (unpaired) electrons. The van der Waals surface area contributed by atoms with E-state index in [1.54, 1.807) is 0 Å². The number of carbonyl (C=O) groups excluding carboxylic acids is 1. The van der Waals surface area contributed by atoms with Crippen LogP contribution in [0.25, 0.3) is 0 Å². The fourth-order valence-corrected chi connectivity index (χ4v) is 3.00. The molecule has 106 valence electrons. The fourth-order valence-electron chi connectivity index (χ4n) is 1.98. The molecule has 0 unspecified atom stereocenters. The maximum absolute atomic E-state index is 10.9. The minimum atomic E-state index is -0.0423. The molecule has 0 fully saturated rings. The highest BCUT2D eigenvalue weighted by Gasteiger charge is 2.01. The first-order valence-corrected chi connectivity index (χ1v) is 7.49. The SMILES string of the molecule is CC(=O)Nc1ccc(CNCc2cc(C)c(C)s2)cc1. The molecule has 2 rings (SSSR count). The first-order chi connectivity index (χ1) is 9.54. The summed E-state index contributed by atoms with van der Waals surface area (Å²) in [5.41, 5.74) is 3.42. The predicted octanol–water partition coefficient (Wildman–Crippen LogP) is 3.61. The molecule has 0 spiro atoms. The Morgan fingerprint density at radius 3 is 2.40 bits per heavy atom. The zero-order valence-electron chi connectivity index (χ0n) is 12.1. The molecule has 4 heteroatoms. The highest BCUT2D eigenvalue weighted by Crippen LogP contribution is 2.20. The van der Waals surface area contributed by atoms with Crippen molar-refractivity contribution in [3.05, 3.63) is 51.2 Å². The highest BCUT2D eigenvalue weighted by molar-refractivity contribution is 7.12. The van der Waals surface area contributed by atoms with Crippen molar-refractivity contribution in [2.45, 2.75) is 33.9 Å². The van der Waals surface area contributed by atoms with Crippen LogP contribution in [0.2, 0.25) is 0 Å². The molecule has 1 amide bonds. The molecular formula is C16H20N2OS. The Balaban J connectivity index is 1.83. The van der Waals surface area contributed by atoms with Crippen LogP contribution in [-0.2, 0) is 17.9 Å². The Bertz CT molecular complexity index is 568. The zero-order chi connectivity index (χ0) is 14.5. The van der Waals surface area contributed by atoms with Crippen molar-refractivity contribution in [2.24, 2.45) is 0 Å². The lowest BCUT2D eigenvalue weighted by Gasteiger charge is -2.06. The van der Waals surface area contributed by atoms with E-state index in [1.165, 1.54) is 27.8 Å². The standard InChI is InChI=1S/C16H20N2OS/c1-11-8-16(20-12(11)2)10-17-9-14-4-6-15(7-5-14)18-13(3)19/h4-8,17H,9-10H2,1-3H3,(H,18,19). The quantitative estimate of drug-likeness (QED) is 0.882. The van der Waals surface area contributed by atoms with Crippen LogP contribution < -0.4 is 10.6 Å². The van der Waals surface area contributed by atoms with Gasteiger partial charge in [0, 0.05) is 35.5 Å². The first kappa shape index (κ1) is 14.8. The van der Waals surface area contributed by atoms with Gasteiger partial charge in [-0.3, -0.25) is 4.79 Å². The Morgan fingerprint density at radius 2 is 1.85 bits per heavy atom. The van der Waals surface area contributed by atoms with Crippen molar-refractivity contribution in [1.29, 1.82) is 0 Å². The van der Waals surface area contributed by atoms with E-state index in [1.807, 2.05) is 35.6 Å². The van der Waals surface area contributed by atoms with Gasteiger partial charge in [-0.2, -0.15) is 0 Å². The largest absolute Gasteiger partial charge is 0.326 e. The number of nitrogens with one attached hydrogen (secondary N) is 2. The van der Waals surface area contributed by atoms with Gasteiger partial charge in [-0.15, -0.1) is 11.3 Å². The number of thiophene rings is 1. The molecule has 0 saturated carbocycles. The van der Waals surface area contributed by atoms with E-state index in [9.17, 15) is 4.79 Å². The number of rotatable bonds is 5. The average Bonchev–Trinajstić information content (AvgIpc) is 2.70. The van der Waals surface area contributed by atoms with E-state index < -0.39 is 0 Å². The van der Waals surface area contributed by atoms with Gasteiger partial charge in [0.1, 0.15) is 0 Å². The number of anilines is 1. The van der Waals surface area contributed by atoms with E-state index in [2.05, 4.69) is 30.5 Å². The van der Waals surface area contributed by atoms with Crippen molar-refractivity contribution in [3.63, 3.8) is 0 Å². The van der Waals surface area contributed by atoms with Crippen LogP contribution >= 0.6 is 11.3 Å². The van der Waals surface area contributed by atoms with Crippen LogP contribution in [0.15, 0.2) is 30.3 Å². The Kier molecular flexibility index (Phi) is 4.93. The summed E-state index contributed by atoms with van der Waals surface area (Å²) in [4.78, 5) is 13.7. The number of aryl methyl sites for hydroxylation is 2. The van der Waals surface area contributed by atoms with Crippen LogP contribution in [0.5, 0.6) is 0 Å². The van der Waals surface area contributed by atoms with Crippen molar-refractivity contribution < 1.29 is 4.79 Å². The van der Waals surface area contributed by atoms with Gasteiger partial charge in [-0.05, 0) is 43.2 Å². The maximum Gasteiger partial charge on any atom is 0.221 e.